The summed E-state index contributed by atoms with van der Waals surface area (Å²) in [6.45, 7) is -0.000537. The maximum atomic E-state index is 12.5. The smallest absolute Gasteiger partial charge is 0.244 e. The van der Waals surface area contributed by atoms with Gasteiger partial charge in [0.1, 0.15) is 0 Å². The van der Waals surface area contributed by atoms with E-state index in [1.54, 1.807) is 7.05 Å². The maximum absolute atomic E-state index is 12.5. The van der Waals surface area contributed by atoms with E-state index in [4.69, 9.17) is 0 Å². The van der Waals surface area contributed by atoms with Gasteiger partial charge in [0.2, 0.25) is 23.6 Å². The fourth-order valence-corrected chi connectivity index (χ4v) is 4.64. The molecule has 0 unspecified atom stereocenters. The molecule has 1 aliphatic carbocycles. The number of amides is 4. The molecule has 1 aromatic rings. The van der Waals surface area contributed by atoms with Gasteiger partial charge in [0.05, 0.1) is 24.1 Å². The van der Waals surface area contributed by atoms with E-state index in [1.165, 1.54) is 21.6 Å². The van der Waals surface area contributed by atoms with E-state index in [9.17, 15) is 19.2 Å². The van der Waals surface area contributed by atoms with Crippen LogP contribution in [0.4, 0.5) is 5.69 Å². The van der Waals surface area contributed by atoms with E-state index in [0.717, 1.165) is 30.6 Å². The van der Waals surface area contributed by atoms with Gasteiger partial charge in [0.15, 0.2) is 0 Å². The first-order valence-corrected chi connectivity index (χ1v) is 11.2. The van der Waals surface area contributed by atoms with Crippen molar-refractivity contribution in [2.75, 3.05) is 31.7 Å². The van der Waals surface area contributed by atoms with Crippen molar-refractivity contribution in [3.63, 3.8) is 0 Å². The number of rotatable bonds is 7. The number of likely N-dealkylation sites (N-methyl/N-ethyl adjacent to an activating group) is 1. The third kappa shape index (κ3) is 4.80. The van der Waals surface area contributed by atoms with Crippen LogP contribution in [0.3, 0.4) is 0 Å². The van der Waals surface area contributed by atoms with E-state index in [-0.39, 0.29) is 55.0 Å². The molecule has 0 spiro atoms. The van der Waals surface area contributed by atoms with Gasteiger partial charge >= 0.3 is 0 Å². The second kappa shape index (κ2) is 9.43. The van der Waals surface area contributed by atoms with E-state index in [2.05, 4.69) is 5.32 Å². The van der Waals surface area contributed by atoms with Crippen molar-refractivity contribution < 1.29 is 19.2 Å². The summed E-state index contributed by atoms with van der Waals surface area (Å²) >= 11 is 1.53. The average molecular weight is 418 g/mol. The fourth-order valence-electron chi connectivity index (χ4n) is 4.09. The minimum Gasteiger partial charge on any atom is -0.336 e. The minimum absolute atomic E-state index is 0.0299. The van der Waals surface area contributed by atoms with Crippen LogP contribution in [-0.2, 0) is 19.2 Å². The van der Waals surface area contributed by atoms with Crippen LogP contribution < -0.4 is 5.32 Å². The summed E-state index contributed by atoms with van der Waals surface area (Å²) in [5.41, 5.74) is 0.710. The summed E-state index contributed by atoms with van der Waals surface area (Å²) in [7, 11) is 1.55. The standard InChI is InChI=1S/C21H27N3O4S/c1-23(13-18(25)22-16-9-5-6-10-17(16)29-2)19(26)11-12-24-20(27)14-7-3-4-8-15(14)21(24)28/h5-6,9-10,14-15H,3-4,7-8,11-13H2,1-2H3,(H,22,25)/t14-,15+. The topological polar surface area (TPSA) is 86.8 Å². The number of hydrogen-bond acceptors (Lipinski definition) is 5. The summed E-state index contributed by atoms with van der Waals surface area (Å²) in [6.07, 6.45) is 5.43. The first-order chi connectivity index (χ1) is 13.9. The van der Waals surface area contributed by atoms with Gasteiger partial charge in [-0.2, -0.15) is 0 Å². The fraction of sp³-hybridized carbons (Fsp3) is 0.524. The molecule has 1 saturated heterocycles. The molecule has 2 aliphatic rings. The Morgan fingerprint density at radius 3 is 2.38 bits per heavy atom. The number of hydrogen-bond donors (Lipinski definition) is 1. The zero-order valence-corrected chi connectivity index (χ0v) is 17.7. The van der Waals surface area contributed by atoms with Gasteiger partial charge < -0.3 is 10.2 Å². The quantitative estimate of drug-likeness (QED) is 0.544. The van der Waals surface area contributed by atoms with Crippen molar-refractivity contribution in [2.45, 2.75) is 37.0 Å². The van der Waals surface area contributed by atoms with Gasteiger partial charge in [-0.05, 0) is 31.2 Å². The number of nitrogens with one attached hydrogen (secondary N) is 1. The van der Waals surface area contributed by atoms with Crippen molar-refractivity contribution in [1.29, 1.82) is 0 Å². The predicted molar refractivity (Wildman–Crippen MR) is 111 cm³/mol. The zero-order valence-electron chi connectivity index (χ0n) is 16.8. The highest BCUT2D eigenvalue weighted by Crippen LogP contribution is 2.38. The Bertz CT molecular complexity index is 789. The number of imide groups is 1. The summed E-state index contributed by atoms with van der Waals surface area (Å²) in [5, 5.41) is 2.82. The molecule has 0 radical (unpaired) electrons. The Labute approximate surface area is 175 Å². The Kier molecular flexibility index (Phi) is 6.95. The molecule has 1 aliphatic heterocycles. The summed E-state index contributed by atoms with van der Waals surface area (Å²) in [4.78, 5) is 53.2. The molecule has 1 aromatic carbocycles. The number of likely N-dealkylation sites (tertiary alicyclic amines) is 1. The van der Waals surface area contributed by atoms with Crippen LogP contribution in [0, 0.1) is 11.8 Å². The molecule has 156 valence electrons. The van der Waals surface area contributed by atoms with Crippen molar-refractivity contribution in [3.8, 4) is 0 Å². The lowest BCUT2D eigenvalue weighted by molar-refractivity contribution is -0.141. The highest BCUT2D eigenvalue weighted by atomic mass is 32.2. The lowest BCUT2D eigenvalue weighted by Crippen LogP contribution is -2.38. The normalized spacial score (nSPS) is 21.1. The van der Waals surface area contributed by atoms with Crippen LogP contribution in [-0.4, -0.2) is 59.8 Å². The van der Waals surface area contributed by atoms with Crippen LogP contribution in [0.1, 0.15) is 32.1 Å². The molecule has 0 bridgehead atoms. The molecular weight excluding hydrogens is 390 g/mol. The zero-order chi connectivity index (χ0) is 21.0. The summed E-state index contributed by atoms with van der Waals surface area (Å²) in [5.74, 6) is -1.24. The third-order valence-corrected chi connectivity index (χ3v) is 6.47. The van der Waals surface area contributed by atoms with Crippen LogP contribution in [0.15, 0.2) is 29.2 Å². The molecule has 3 rings (SSSR count). The van der Waals surface area contributed by atoms with Gasteiger partial charge in [-0.1, -0.05) is 25.0 Å². The highest BCUT2D eigenvalue weighted by molar-refractivity contribution is 7.98. The molecule has 7 nitrogen and oxygen atoms in total. The molecule has 29 heavy (non-hydrogen) atoms. The van der Waals surface area contributed by atoms with Gasteiger partial charge in [0.25, 0.3) is 0 Å². The van der Waals surface area contributed by atoms with Crippen LogP contribution in [0.25, 0.3) is 0 Å². The predicted octanol–water partition coefficient (Wildman–Crippen LogP) is 2.37. The number of para-hydroxylation sites is 1. The molecule has 4 amide bonds. The Hall–Kier alpha value is -2.35. The summed E-state index contributed by atoms with van der Waals surface area (Å²) < 4.78 is 0. The molecule has 8 heteroatoms. The van der Waals surface area contributed by atoms with Crippen LogP contribution in [0.2, 0.25) is 0 Å². The number of benzene rings is 1. The Balaban J connectivity index is 1.50. The number of carbonyl (C=O) groups excluding carboxylic acids is 4. The molecule has 1 heterocycles. The summed E-state index contributed by atoms with van der Waals surface area (Å²) in [6, 6.07) is 7.46. The van der Waals surface area contributed by atoms with E-state index in [1.807, 2.05) is 30.5 Å². The Morgan fingerprint density at radius 1 is 1.14 bits per heavy atom. The third-order valence-electron chi connectivity index (χ3n) is 5.67. The van der Waals surface area contributed by atoms with Crippen LogP contribution in [0.5, 0.6) is 0 Å². The first-order valence-electron chi connectivity index (χ1n) is 9.94. The molecule has 1 saturated carbocycles. The monoisotopic (exact) mass is 417 g/mol. The van der Waals surface area contributed by atoms with Crippen molar-refractivity contribution in [1.82, 2.24) is 9.80 Å². The molecule has 1 N–H and O–H groups in total. The highest BCUT2D eigenvalue weighted by Gasteiger charge is 2.47. The second-order valence-electron chi connectivity index (χ2n) is 7.57. The van der Waals surface area contributed by atoms with E-state index in [0.29, 0.717) is 5.69 Å². The lowest BCUT2D eigenvalue weighted by Gasteiger charge is -2.19. The van der Waals surface area contributed by atoms with Gasteiger partial charge in [-0.15, -0.1) is 11.8 Å². The van der Waals surface area contributed by atoms with E-state index >= 15 is 0 Å². The van der Waals surface area contributed by atoms with Gasteiger partial charge in [-0.3, -0.25) is 24.1 Å². The van der Waals surface area contributed by atoms with Crippen molar-refractivity contribution in [2.24, 2.45) is 11.8 Å². The SMILES string of the molecule is CSc1ccccc1NC(=O)CN(C)C(=O)CCN1C(=O)[C@H]2CCCC[C@H]2C1=O. The number of thioether (sulfide) groups is 1. The largest absolute Gasteiger partial charge is 0.336 e. The maximum Gasteiger partial charge on any atom is 0.244 e. The Morgan fingerprint density at radius 2 is 1.76 bits per heavy atom. The minimum atomic E-state index is -0.290. The lowest BCUT2D eigenvalue weighted by atomic mass is 9.81. The molecule has 2 fully saturated rings. The van der Waals surface area contributed by atoms with Gasteiger partial charge in [-0.25, -0.2) is 0 Å². The molecule has 2 atom stereocenters. The van der Waals surface area contributed by atoms with Crippen LogP contribution >= 0.6 is 11.8 Å². The number of nitrogens with zero attached hydrogens (tertiary/aromatic N) is 2. The molecular formula is C21H27N3O4S. The van der Waals surface area contributed by atoms with Gasteiger partial charge in [0, 0.05) is 24.9 Å². The van der Waals surface area contributed by atoms with Crippen molar-refractivity contribution >= 4 is 41.1 Å². The number of carbonyl (C=O) groups is 4. The first kappa shape index (κ1) is 21.4. The van der Waals surface area contributed by atoms with Crippen molar-refractivity contribution in [3.05, 3.63) is 24.3 Å². The average Bonchev–Trinajstić information content (AvgIpc) is 2.97. The number of anilines is 1. The molecule has 0 aromatic heterocycles. The number of fused-ring (bicyclic) bond motifs is 1. The second-order valence-corrected chi connectivity index (χ2v) is 8.42. The van der Waals surface area contributed by atoms with E-state index < -0.39 is 0 Å².